The van der Waals surface area contributed by atoms with Gasteiger partial charge in [-0.05, 0) is 0 Å². The van der Waals surface area contributed by atoms with Crippen LogP contribution in [0, 0.1) is 11.8 Å². The number of amidine groups is 1. The molecule has 0 radical (unpaired) electrons. The van der Waals surface area contributed by atoms with Crippen LogP contribution in [0.1, 0.15) is 0 Å². The lowest BCUT2D eigenvalue weighted by molar-refractivity contribution is -0.146. The highest BCUT2D eigenvalue weighted by Crippen LogP contribution is 2.39. The van der Waals surface area contributed by atoms with Crippen LogP contribution in [-0.2, 0) is 14.3 Å². The summed E-state index contributed by atoms with van der Waals surface area (Å²) in [6.45, 7) is 0.690. The molecule has 3 aliphatic rings. The summed E-state index contributed by atoms with van der Waals surface area (Å²) < 4.78 is 5.44. The molecule has 0 aromatic carbocycles. The molecule has 3 heterocycles. The van der Waals surface area contributed by atoms with Crippen molar-refractivity contribution in [2.75, 3.05) is 12.3 Å². The van der Waals surface area contributed by atoms with Crippen molar-refractivity contribution in [1.82, 2.24) is 5.32 Å². The summed E-state index contributed by atoms with van der Waals surface area (Å²) in [5, 5.41) is 12.5. The maximum atomic E-state index is 12.1. The number of rotatable bonds is 2. The van der Waals surface area contributed by atoms with Crippen molar-refractivity contribution in [2.24, 2.45) is 16.8 Å². The third-order valence-corrected chi connectivity index (χ3v) is 4.19. The summed E-state index contributed by atoms with van der Waals surface area (Å²) in [6, 6.07) is 0. The number of carbonyl (C=O) groups excluding carboxylic acids is 1. The molecule has 0 aliphatic carbocycles. The summed E-state index contributed by atoms with van der Waals surface area (Å²) in [5.74, 6) is -1.92. The van der Waals surface area contributed by atoms with Crippen molar-refractivity contribution in [3.8, 4) is 0 Å². The van der Waals surface area contributed by atoms with Crippen LogP contribution in [-0.4, -0.2) is 46.7 Å². The Balaban J connectivity index is 1.76. The van der Waals surface area contributed by atoms with Crippen LogP contribution in [0.2, 0.25) is 0 Å². The Morgan fingerprint density at radius 1 is 1.39 bits per heavy atom. The zero-order chi connectivity index (χ0) is 12.7. The van der Waals surface area contributed by atoms with Crippen LogP contribution in [0.4, 0.5) is 0 Å². The first kappa shape index (κ1) is 11.7. The van der Waals surface area contributed by atoms with Gasteiger partial charge in [0.2, 0.25) is 5.91 Å². The highest BCUT2D eigenvalue weighted by Gasteiger charge is 2.53. The van der Waals surface area contributed by atoms with Crippen molar-refractivity contribution in [3.63, 3.8) is 0 Å². The molecular formula is C11H12N2O4S. The lowest BCUT2D eigenvalue weighted by Crippen LogP contribution is -2.43. The van der Waals surface area contributed by atoms with E-state index in [0.717, 1.165) is 5.75 Å². The largest absolute Gasteiger partial charge is 0.481 e. The van der Waals surface area contributed by atoms with Crippen molar-refractivity contribution >= 4 is 28.8 Å². The molecule has 18 heavy (non-hydrogen) atoms. The minimum atomic E-state index is -0.993. The second kappa shape index (κ2) is 4.40. The van der Waals surface area contributed by atoms with Crippen LogP contribution >= 0.6 is 11.8 Å². The lowest BCUT2D eigenvalue weighted by atomic mass is 9.82. The number of carboxylic acid groups (broad SMARTS) is 1. The lowest BCUT2D eigenvalue weighted by Gasteiger charge is -2.20. The van der Waals surface area contributed by atoms with Gasteiger partial charge in [0, 0.05) is 5.75 Å². The Hall–Kier alpha value is -1.34. The van der Waals surface area contributed by atoms with Gasteiger partial charge in [-0.15, -0.1) is 0 Å². The van der Waals surface area contributed by atoms with E-state index < -0.39 is 30.0 Å². The number of hydrogen-bond acceptors (Lipinski definition) is 5. The molecule has 1 amide bonds. The maximum absolute atomic E-state index is 12.1. The topological polar surface area (TPSA) is 88.0 Å². The van der Waals surface area contributed by atoms with Gasteiger partial charge in [-0.25, -0.2) is 0 Å². The van der Waals surface area contributed by atoms with E-state index in [0.29, 0.717) is 11.7 Å². The van der Waals surface area contributed by atoms with Gasteiger partial charge in [-0.2, -0.15) is 0 Å². The Labute approximate surface area is 107 Å². The van der Waals surface area contributed by atoms with E-state index >= 15 is 0 Å². The van der Waals surface area contributed by atoms with Crippen LogP contribution < -0.4 is 5.32 Å². The summed E-state index contributed by atoms with van der Waals surface area (Å²) in [5.41, 5.74) is 0. The standard InChI is InChI=1S/C11H12N2O4S/c14-9(13-11-12-3-4-18-11)7-5-1-2-6(17-5)8(7)10(15)16/h1-2,5-8H,3-4H2,(H,15,16)(H,12,13,14). The summed E-state index contributed by atoms with van der Waals surface area (Å²) >= 11 is 1.47. The fourth-order valence-corrected chi connectivity index (χ4v) is 3.25. The zero-order valence-electron chi connectivity index (χ0n) is 9.41. The monoisotopic (exact) mass is 268 g/mol. The Morgan fingerprint density at radius 2 is 2.11 bits per heavy atom. The molecule has 1 fully saturated rings. The summed E-state index contributed by atoms with van der Waals surface area (Å²) in [6.07, 6.45) is 2.57. The number of carbonyl (C=O) groups is 2. The van der Waals surface area contributed by atoms with Crippen molar-refractivity contribution in [1.29, 1.82) is 0 Å². The fourth-order valence-electron chi connectivity index (χ4n) is 2.51. The maximum Gasteiger partial charge on any atom is 0.310 e. The number of amides is 1. The average Bonchev–Trinajstić information content (AvgIpc) is 3.03. The van der Waals surface area contributed by atoms with Crippen LogP contribution in [0.5, 0.6) is 0 Å². The fraction of sp³-hybridized carbons (Fsp3) is 0.545. The molecule has 6 nitrogen and oxygen atoms in total. The van der Waals surface area contributed by atoms with Gasteiger partial charge in [0.1, 0.15) is 5.92 Å². The number of aliphatic imine (C=N–C) groups is 1. The Bertz CT molecular complexity index is 462. The van der Waals surface area contributed by atoms with E-state index in [9.17, 15) is 14.7 Å². The van der Waals surface area contributed by atoms with Gasteiger partial charge in [-0.1, -0.05) is 23.9 Å². The zero-order valence-corrected chi connectivity index (χ0v) is 10.2. The molecule has 3 aliphatic heterocycles. The van der Waals surface area contributed by atoms with Gasteiger partial charge in [0.05, 0.1) is 24.7 Å². The molecule has 4 unspecified atom stereocenters. The van der Waals surface area contributed by atoms with Crippen LogP contribution in [0.15, 0.2) is 17.1 Å². The smallest absolute Gasteiger partial charge is 0.310 e. The highest BCUT2D eigenvalue weighted by molar-refractivity contribution is 8.14. The minimum absolute atomic E-state index is 0.313. The van der Waals surface area contributed by atoms with E-state index in [4.69, 9.17) is 4.74 Å². The highest BCUT2D eigenvalue weighted by atomic mass is 32.2. The number of ether oxygens (including phenoxy) is 1. The number of nitrogens with zero attached hydrogens (tertiary/aromatic N) is 1. The molecule has 96 valence electrons. The van der Waals surface area contributed by atoms with E-state index in [1.54, 1.807) is 12.2 Å². The second-order valence-corrected chi connectivity index (χ2v) is 5.45. The van der Waals surface area contributed by atoms with E-state index in [1.165, 1.54) is 11.8 Å². The first-order chi connectivity index (χ1) is 8.66. The van der Waals surface area contributed by atoms with E-state index in [2.05, 4.69) is 10.3 Å². The quantitative estimate of drug-likeness (QED) is 0.681. The first-order valence-electron chi connectivity index (χ1n) is 5.71. The predicted molar refractivity (Wildman–Crippen MR) is 65.3 cm³/mol. The molecule has 0 aromatic rings. The molecule has 1 saturated heterocycles. The van der Waals surface area contributed by atoms with Gasteiger partial charge in [0.15, 0.2) is 5.17 Å². The number of aliphatic carboxylic acids is 1. The van der Waals surface area contributed by atoms with Crippen molar-refractivity contribution in [2.45, 2.75) is 12.2 Å². The van der Waals surface area contributed by atoms with Crippen molar-refractivity contribution in [3.05, 3.63) is 12.2 Å². The Kier molecular flexibility index (Phi) is 2.87. The number of nitrogens with one attached hydrogen (secondary N) is 1. The van der Waals surface area contributed by atoms with E-state index in [-0.39, 0.29) is 5.91 Å². The molecule has 0 saturated carbocycles. The molecule has 3 rings (SSSR count). The molecule has 0 aromatic heterocycles. The van der Waals surface area contributed by atoms with Gasteiger partial charge >= 0.3 is 5.97 Å². The molecule has 4 atom stereocenters. The number of carboxylic acids is 1. The third-order valence-electron chi connectivity index (χ3n) is 3.30. The first-order valence-corrected chi connectivity index (χ1v) is 6.70. The van der Waals surface area contributed by atoms with Crippen molar-refractivity contribution < 1.29 is 19.4 Å². The molecule has 7 heteroatoms. The van der Waals surface area contributed by atoms with Gasteiger partial charge in [-0.3, -0.25) is 14.6 Å². The van der Waals surface area contributed by atoms with E-state index in [1.807, 2.05) is 0 Å². The van der Waals surface area contributed by atoms with Gasteiger partial charge < -0.3 is 15.2 Å². The minimum Gasteiger partial charge on any atom is -0.481 e. The van der Waals surface area contributed by atoms with Gasteiger partial charge in [0.25, 0.3) is 0 Å². The van der Waals surface area contributed by atoms with Crippen LogP contribution in [0.25, 0.3) is 0 Å². The normalized spacial score (nSPS) is 36.8. The summed E-state index contributed by atoms with van der Waals surface area (Å²) in [4.78, 5) is 27.5. The average molecular weight is 268 g/mol. The Morgan fingerprint density at radius 3 is 2.72 bits per heavy atom. The molecule has 2 N–H and O–H groups in total. The third kappa shape index (κ3) is 1.83. The number of thioether (sulfide) groups is 1. The summed E-state index contributed by atoms with van der Waals surface area (Å²) in [7, 11) is 0. The van der Waals surface area contributed by atoms with Crippen LogP contribution in [0.3, 0.4) is 0 Å². The predicted octanol–water partition coefficient (Wildman–Crippen LogP) is -0.140. The number of hydrogen-bond donors (Lipinski definition) is 2. The SMILES string of the molecule is O=C(O)C1C2C=CC(O2)C1C(=O)NC1=NCCS1. The second-order valence-electron chi connectivity index (χ2n) is 4.36. The molecular weight excluding hydrogens is 256 g/mol. The number of fused-ring (bicyclic) bond motifs is 2. The molecule has 0 spiro atoms. The molecule has 2 bridgehead atoms.